The van der Waals surface area contributed by atoms with E-state index in [1.807, 2.05) is 6.07 Å². The molecule has 3 heterocycles. The molecule has 6 nitrogen and oxygen atoms in total. The summed E-state index contributed by atoms with van der Waals surface area (Å²) < 4.78 is 10.6. The van der Waals surface area contributed by atoms with E-state index in [1.165, 1.54) is 16.8 Å². The number of nitrogens with one attached hydrogen (secondary N) is 1. The highest BCUT2D eigenvalue weighted by Crippen LogP contribution is 2.39. The number of fused-ring (bicyclic) bond motifs is 2. The Morgan fingerprint density at radius 1 is 1.29 bits per heavy atom. The minimum absolute atomic E-state index is 0.184. The zero-order chi connectivity index (χ0) is 16.7. The SMILES string of the molecule is Cc1sc2ncnc(N/N=C\c3cc(Cl)c4c(c3)OCO4)c2c1C. The van der Waals surface area contributed by atoms with E-state index in [2.05, 4.69) is 34.3 Å². The molecule has 3 aromatic rings. The van der Waals surface area contributed by atoms with Gasteiger partial charge >= 0.3 is 0 Å². The monoisotopic (exact) mass is 360 g/mol. The quantitative estimate of drug-likeness (QED) is 0.561. The number of aromatic nitrogens is 2. The van der Waals surface area contributed by atoms with E-state index < -0.39 is 0 Å². The van der Waals surface area contributed by atoms with E-state index in [9.17, 15) is 0 Å². The fourth-order valence-corrected chi connectivity index (χ4v) is 3.77. The molecule has 2 aromatic heterocycles. The Kier molecular flexibility index (Phi) is 3.74. The number of aryl methyl sites for hydroxylation is 2. The predicted octanol–water partition coefficient (Wildman–Crippen LogP) is 4.14. The normalized spacial score (nSPS) is 13.1. The highest BCUT2D eigenvalue weighted by molar-refractivity contribution is 7.18. The van der Waals surface area contributed by atoms with E-state index in [0.29, 0.717) is 22.3 Å². The molecular weight excluding hydrogens is 348 g/mol. The molecule has 24 heavy (non-hydrogen) atoms. The number of ether oxygens (including phenoxy) is 2. The molecule has 0 radical (unpaired) electrons. The van der Waals surface area contributed by atoms with Gasteiger partial charge in [-0.15, -0.1) is 11.3 Å². The summed E-state index contributed by atoms with van der Waals surface area (Å²) in [5.74, 6) is 1.88. The van der Waals surface area contributed by atoms with Crippen LogP contribution >= 0.6 is 22.9 Å². The molecule has 0 bridgehead atoms. The third kappa shape index (κ3) is 2.55. The number of rotatable bonds is 3. The maximum atomic E-state index is 6.17. The van der Waals surface area contributed by atoms with Gasteiger partial charge < -0.3 is 9.47 Å². The summed E-state index contributed by atoms with van der Waals surface area (Å²) in [4.78, 5) is 10.8. The second kappa shape index (κ2) is 5.92. The number of halogens is 1. The van der Waals surface area contributed by atoms with E-state index in [1.54, 1.807) is 23.6 Å². The predicted molar refractivity (Wildman–Crippen MR) is 95.7 cm³/mol. The van der Waals surface area contributed by atoms with Gasteiger partial charge in [0.25, 0.3) is 0 Å². The summed E-state index contributed by atoms with van der Waals surface area (Å²) >= 11 is 7.81. The first-order valence-electron chi connectivity index (χ1n) is 7.22. The van der Waals surface area contributed by atoms with Crippen LogP contribution in [0.5, 0.6) is 11.5 Å². The molecule has 0 atom stereocenters. The van der Waals surface area contributed by atoms with Gasteiger partial charge in [-0.1, -0.05) is 11.6 Å². The van der Waals surface area contributed by atoms with Crippen molar-refractivity contribution in [3.63, 3.8) is 0 Å². The van der Waals surface area contributed by atoms with Crippen LogP contribution in [0.3, 0.4) is 0 Å². The summed E-state index contributed by atoms with van der Waals surface area (Å²) in [7, 11) is 0. The molecule has 1 aromatic carbocycles. The average Bonchev–Trinajstić information content (AvgIpc) is 3.14. The van der Waals surface area contributed by atoms with Gasteiger partial charge in [-0.25, -0.2) is 9.97 Å². The zero-order valence-electron chi connectivity index (χ0n) is 13.0. The van der Waals surface area contributed by atoms with E-state index >= 15 is 0 Å². The fraction of sp³-hybridized carbons (Fsp3) is 0.188. The number of thiophene rings is 1. The van der Waals surface area contributed by atoms with Gasteiger partial charge in [0.15, 0.2) is 17.3 Å². The van der Waals surface area contributed by atoms with E-state index in [4.69, 9.17) is 21.1 Å². The summed E-state index contributed by atoms with van der Waals surface area (Å²) in [5.41, 5.74) is 4.96. The molecule has 8 heteroatoms. The van der Waals surface area contributed by atoms with Crippen LogP contribution < -0.4 is 14.9 Å². The van der Waals surface area contributed by atoms with E-state index in [-0.39, 0.29) is 6.79 Å². The fourth-order valence-electron chi connectivity index (χ4n) is 2.50. The second-order valence-corrected chi connectivity index (χ2v) is 6.90. The Bertz CT molecular complexity index is 970. The van der Waals surface area contributed by atoms with Gasteiger partial charge in [-0.2, -0.15) is 5.10 Å². The first-order chi connectivity index (χ1) is 11.6. The van der Waals surface area contributed by atoms with Crippen molar-refractivity contribution < 1.29 is 9.47 Å². The molecule has 1 aliphatic rings. The number of nitrogens with zero attached hydrogens (tertiary/aromatic N) is 3. The lowest BCUT2D eigenvalue weighted by Gasteiger charge is -2.03. The largest absolute Gasteiger partial charge is 0.454 e. The van der Waals surface area contributed by atoms with Gasteiger partial charge in [-0.05, 0) is 37.1 Å². The summed E-state index contributed by atoms with van der Waals surface area (Å²) in [6, 6.07) is 3.60. The van der Waals surface area contributed by atoms with Crippen LogP contribution in [-0.2, 0) is 0 Å². The van der Waals surface area contributed by atoms with Crippen LogP contribution in [0.4, 0.5) is 5.82 Å². The molecule has 0 aliphatic carbocycles. The van der Waals surface area contributed by atoms with Crippen molar-refractivity contribution >= 4 is 45.2 Å². The van der Waals surface area contributed by atoms with Crippen molar-refractivity contribution in [3.05, 3.63) is 39.5 Å². The summed E-state index contributed by atoms with van der Waals surface area (Å²) in [5, 5.41) is 5.76. The number of hydrazone groups is 1. The van der Waals surface area contributed by atoms with Crippen LogP contribution in [0.15, 0.2) is 23.6 Å². The molecule has 1 aliphatic heterocycles. The number of hydrogen-bond acceptors (Lipinski definition) is 7. The average molecular weight is 361 g/mol. The molecular formula is C16H13ClN4O2S. The lowest BCUT2D eigenvalue weighted by molar-refractivity contribution is 0.174. The second-order valence-electron chi connectivity index (χ2n) is 5.29. The maximum absolute atomic E-state index is 6.17. The highest BCUT2D eigenvalue weighted by atomic mass is 35.5. The standard InChI is InChI=1S/C16H13ClN4O2S/c1-8-9(2)24-16-13(8)15(18-6-19-16)21-20-5-10-3-11(17)14-12(4-10)22-7-23-14/h3-6H,7H2,1-2H3,(H,18,19,21)/b20-5-. The highest BCUT2D eigenvalue weighted by Gasteiger charge is 2.17. The molecule has 0 spiro atoms. The Morgan fingerprint density at radius 3 is 3.04 bits per heavy atom. The lowest BCUT2D eigenvalue weighted by atomic mass is 10.2. The van der Waals surface area contributed by atoms with Crippen molar-refractivity contribution in [1.29, 1.82) is 0 Å². The van der Waals surface area contributed by atoms with E-state index in [0.717, 1.165) is 15.8 Å². The minimum atomic E-state index is 0.184. The van der Waals surface area contributed by atoms with Crippen molar-refractivity contribution in [1.82, 2.24) is 9.97 Å². The van der Waals surface area contributed by atoms with Crippen LogP contribution in [0.2, 0.25) is 5.02 Å². The first kappa shape index (κ1) is 15.2. The first-order valence-corrected chi connectivity index (χ1v) is 8.42. The maximum Gasteiger partial charge on any atom is 0.231 e. The van der Waals surface area contributed by atoms with Crippen molar-refractivity contribution in [3.8, 4) is 11.5 Å². The number of benzene rings is 1. The molecule has 122 valence electrons. The van der Waals surface area contributed by atoms with Gasteiger partial charge in [0, 0.05) is 4.88 Å². The van der Waals surface area contributed by atoms with Crippen molar-refractivity contribution in [2.45, 2.75) is 13.8 Å². The zero-order valence-corrected chi connectivity index (χ0v) is 14.5. The summed E-state index contributed by atoms with van der Waals surface area (Å²) in [6.07, 6.45) is 3.20. The molecule has 1 N–H and O–H groups in total. The smallest absolute Gasteiger partial charge is 0.231 e. The Labute approximate surface area is 147 Å². The third-order valence-electron chi connectivity index (χ3n) is 3.80. The Morgan fingerprint density at radius 2 is 2.17 bits per heavy atom. The number of anilines is 1. The Balaban J connectivity index is 1.62. The molecule has 0 unspecified atom stereocenters. The van der Waals surface area contributed by atoms with Crippen LogP contribution in [0, 0.1) is 13.8 Å². The van der Waals surface area contributed by atoms with Crippen LogP contribution in [-0.4, -0.2) is 23.0 Å². The molecule has 0 saturated carbocycles. The third-order valence-corrected chi connectivity index (χ3v) is 5.19. The molecule has 4 rings (SSSR count). The van der Waals surface area contributed by atoms with Gasteiger partial charge in [0.2, 0.25) is 6.79 Å². The molecule has 0 fully saturated rings. The molecule has 0 saturated heterocycles. The topological polar surface area (TPSA) is 68.6 Å². The van der Waals surface area contributed by atoms with Gasteiger partial charge in [0.05, 0.1) is 16.6 Å². The van der Waals surface area contributed by atoms with Gasteiger partial charge in [-0.3, -0.25) is 5.43 Å². The van der Waals surface area contributed by atoms with Crippen LogP contribution in [0.25, 0.3) is 10.2 Å². The van der Waals surface area contributed by atoms with Gasteiger partial charge in [0.1, 0.15) is 11.2 Å². The number of hydrogen-bond donors (Lipinski definition) is 1. The molecule has 0 amide bonds. The van der Waals surface area contributed by atoms with Crippen LogP contribution in [0.1, 0.15) is 16.0 Å². The van der Waals surface area contributed by atoms with Crippen molar-refractivity contribution in [2.75, 3.05) is 12.2 Å². The summed E-state index contributed by atoms with van der Waals surface area (Å²) in [6.45, 7) is 4.32. The lowest BCUT2D eigenvalue weighted by Crippen LogP contribution is -1.95. The van der Waals surface area contributed by atoms with Crippen molar-refractivity contribution in [2.24, 2.45) is 5.10 Å². The minimum Gasteiger partial charge on any atom is -0.454 e. The Hall–Kier alpha value is -2.38.